The molecule has 2 aliphatic rings. The minimum absolute atomic E-state index is 0. The van der Waals surface area contributed by atoms with Crippen LogP contribution in [0.25, 0.3) is 0 Å². The molecular weight excluding hydrogens is 575 g/mol. The SMILES string of the molecule is CCCN(CCC)[C@H]1CCc2c(ccc(OCc3ccccc3)c2O[C@H]2C[C@@H](O)C[C@@H](C(=O)O)O2)C1.CO.[Y]. The maximum Gasteiger partial charge on any atom is 0.333 e. The molecule has 0 amide bonds. The molecule has 0 unspecified atom stereocenters. The maximum absolute atomic E-state index is 11.5. The largest absolute Gasteiger partial charge is 0.485 e. The van der Waals surface area contributed by atoms with E-state index >= 15 is 0 Å². The van der Waals surface area contributed by atoms with E-state index in [0.29, 0.717) is 24.1 Å². The van der Waals surface area contributed by atoms with Gasteiger partial charge in [0.15, 0.2) is 17.6 Å². The molecule has 0 spiro atoms. The molecule has 1 aliphatic carbocycles. The van der Waals surface area contributed by atoms with Gasteiger partial charge >= 0.3 is 5.97 Å². The number of carboxylic acid groups (broad SMARTS) is 1. The van der Waals surface area contributed by atoms with Crippen LogP contribution in [0.1, 0.15) is 62.6 Å². The number of benzene rings is 2. The normalized spacial score (nSPS) is 22.1. The third-order valence-corrected chi connectivity index (χ3v) is 7.07. The van der Waals surface area contributed by atoms with E-state index in [2.05, 4.69) is 24.8 Å². The van der Waals surface area contributed by atoms with Gasteiger partial charge in [-0.3, -0.25) is 0 Å². The third-order valence-electron chi connectivity index (χ3n) is 7.07. The van der Waals surface area contributed by atoms with E-state index in [1.165, 1.54) is 5.56 Å². The van der Waals surface area contributed by atoms with Crippen molar-refractivity contribution in [2.75, 3.05) is 20.2 Å². The summed E-state index contributed by atoms with van der Waals surface area (Å²) in [4.78, 5) is 14.1. The molecule has 1 aliphatic heterocycles. The summed E-state index contributed by atoms with van der Waals surface area (Å²) in [6.07, 6.45) is 2.63. The minimum Gasteiger partial charge on any atom is -0.485 e. The molecule has 0 bridgehead atoms. The van der Waals surface area contributed by atoms with Gasteiger partial charge in [-0.05, 0) is 62.4 Å². The average molecular weight is 619 g/mol. The van der Waals surface area contributed by atoms with Crippen LogP contribution in [0.15, 0.2) is 42.5 Å². The second-order valence-electron chi connectivity index (χ2n) is 9.87. The molecule has 8 nitrogen and oxygen atoms in total. The fraction of sp³-hybridized carbons (Fsp3) is 0.567. The van der Waals surface area contributed by atoms with E-state index in [1.54, 1.807) is 0 Å². The Labute approximate surface area is 257 Å². The van der Waals surface area contributed by atoms with Crippen molar-refractivity contribution in [1.29, 1.82) is 0 Å². The van der Waals surface area contributed by atoms with Crippen LogP contribution in [-0.4, -0.2) is 70.9 Å². The van der Waals surface area contributed by atoms with Gasteiger partial charge in [0.1, 0.15) is 6.61 Å². The Kier molecular flexibility index (Phi) is 14.9. The van der Waals surface area contributed by atoms with E-state index in [4.69, 9.17) is 19.3 Å². The molecule has 4 rings (SSSR count). The summed E-state index contributed by atoms with van der Waals surface area (Å²) in [5.41, 5.74) is 3.38. The first-order chi connectivity index (χ1) is 18.5. The van der Waals surface area contributed by atoms with Gasteiger partial charge < -0.3 is 34.4 Å². The monoisotopic (exact) mass is 618 g/mol. The summed E-state index contributed by atoms with van der Waals surface area (Å²) in [7, 11) is 1.00. The van der Waals surface area contributed by atoms with Gasteiger partial charge in [0, 0.05) is 64.3 Å². The first-order valence-corrected chi connectivity index (χ1v) is 13.7. The van der Waals surface area contributed by atoms with Crippen LogP contribution in [0.5, 0.6) is 11.5 Å². The number of fused-ring (bicyclic) bond motifs is 1. The Hall–Kier alpha value is -1.55. The molecule has 0 aromatic heterocycles. The van der Waals surface area contributed by atoms with Crippen molar-refractivity contribution in [2.45, 2.75) is 89.9 Å². The summed E-state index contributed by atoms with van der Waals surface area (Å²) >= 11 is 0. The van der Waals surface area contributed by atoms with E-state index in [9.17, 15) is 15.0 Å². The van der Waals surface area contributed by atoms with Crippen molar-refractivity contribution in [1.82, 2.24) is 4.90 Å². The Balaban J connectivity index is 0.00000174. The van der Waals surface area contributed by atoms with Gasteiger partial charge in [0.05, 0.1) is 6.10 Å². The van der Waals surface area contributed by atoms with Gasteiger partial charge in [0.25, 0.3) is 0 Å². The zero-order valence-corrected chi connectivity index (χ0v) is 26.3. The molecule has 9 heteroatoms. The first kappa shape index (κ1) is 33.7. The zero-order chi connectivity index (χ0) is 27.5. The van der Waals surface area contributed by atoms with Gasteiger partial charge in [0.2, 0.25) is 6.29 Å². The van der Waals surface area contributed by atoms with E-state index in [-0.39, 0.29) is 45.6 Å². The second-order valence-corrected chi connectivity index (χ2v) is 9.87. The van der Waals surface area contributed by atoms with Crippen molar-refractivity contribution >= 4 is 5.97 Å². The molecule has 1 saturated heterocycles. The molecule has 1 fully saturated rings. The number of aliphatic hydroxyl groups excluding tert-OH is 2. The summed E-state index contributed by atoms with van der Waals surface area (Å²) < 4.78 is 18.3. The summed E-state index contributed by atoms with van der Waals surface area (Å²) in [5, 5.41) is 26.7. The molecule has 1 heterocycles. The molecule has 213 valence electrons. The van der Waals surface area contributed by atoms with Crippen LogP contribution in [0.2, 0.25) is 0 Å². The number of aliphatic carboxylic acids is 1. The number of carboxylic acids is 1. The van der Waals surface area contributed by atoms with Crippen LogP contribution in [0, 0.1) is 0 Å². The maximum atomic E-state index is 11.5. The topological polar surface area (TPSA) is 109 Å². The van der Waals surface area contributed by atoms with Crippen molar-refractivity contribution < 1.29 is 67.0 Å². The number of nitrogens with zero attached hydrogens (tertiary/aromatic N) is 1. The average Bonchev–Trinajstić information content (AvgIpc) is 2.93. The van der Waals surface area contributed by atoms with Gasteiger partial charge in [-0.15, -0.1) is 0 Å². The third kappa shape index (κ3) is 9.51. The smallest absolute Gasteiger partial charge is 0.333 e. The molecule has 3 N–H and O–H groups in total. The fourth-order valence-electron chi connectivity index (χ4n) is 5.35. The van der Waals surface area contributed by atoms with Crippen molar-refractivity contribution in [3.63, 3.8) is 0 Å². The molecule has 39 heavy (non-hydrogen) atoms. The van der Waals surface area contributed by atoms with E-state index in [1.807, 2.05) is 36.4 Å². The van der Waals surface area contributed by atoms with E-state index < -0.39 is 24.5 Å². The molecule has 2 aromatic carbocycles. The summed E-state index contributed by atoms with van der Waals surface area (Å²) in [6, 6.07) is 14.5. The van der Waals surface area contributed by atoms with Crippen LogP contribution in [0.3, 0.4) is 0 Å². The Morgan fingerprint density at radius 3 is 2.38 bits per heavy atom. The summed E-state index contributed by atoms with van der Waals surface area (Å²) in [5.74, 6) is 0.140. The van der Waals surface area contributed by atoms with Crippen molar-refractivity contribution in [2.24, 2.45) is 0 Å². The predicted molar refractivity (Wildman–Crippen MR) is 145 cm³/mol. The van der Waals surface area contributed by atoms with Crippen LogP contribution < -0.4 is 9.47 Å². The second kappa shape index (κ2) is 17.3. The van der Waals surface area contributed by atoms with Crippen molar-refractivity contribution in [3.8, 4) is 11.5 Å². The van der Waals surface area contributed by atoms with Gasteiger partial charge in [-0.25, -0.2) is 4.79 Å². The molecule has 2 aromatic rings. The Morgan fingerprint density at radius 1 is 1.05 bits per heavy atom. The van der Waals surface area contributed by atoms with E-state index in [0.717, 1.165) is 63.4 Å². The zero-order valence-electron chi connectivity index (χ0n) is 23.4. The number of ether oxygens (including phenoxy) is 3. The molecular formula is C30H43NO7Y. The fourth-order valence-corrected chi connectivity index (χ4v) is 5.35. The Morgan fingerprint density at radius 2 is 1.74 bits per heavy atom. The van der Waals surface area contributed by atoms with Gasteiger partial charge in [-0.1, -0.05) is 50.2 Å². The number of carbonyl (C=O) groups is 1. The number of aliphatic hydroxyl groups is 2. The predicted octanol–water partition coefficient (Wildman–Crippen LogP) is 4.18. The van der Waals surface area contributed by atoms with Crippen LogP contribution in [0.4, 0.5) is 0 Å². The molecule has 1 radical (unpaired) electrons. The number of hydrogen-bond donors (Lipinski definition) is 3. The molecule has 0 saturated carbocycles. The minimum atomic E-state index is -1.09. The van der Waals surface area contributed by atoms with Crippen LogP contribution >= 0.6 is 0 Å². The molecule has 4 atom stereocenters. The summed E-state index contributed by atoms with van der Waals surface area (Å²) in [6.45, 7) is 7.04. The number of rotatable bonds is 11. The first-order valence-electron chi connectivity index (χ1n) is 13.7. The quantitative estimate of drug-likeness (QED) is 0.345. The Bertz CT molecular complexity index is 1000. The number of hydrogen-bond acceptors (Lipinski definition) is 7. The van der Waals surface area contributed by atoms with Crippen molar-refractivity contribution in [3.05, 3.63) is 59.2 Å². The van der Waals surface area contributed by atoms with Gasteiger partial charge in [-0.2, -0.15) is 0 Å². The van der Waals surface area contributed by atoms with Crippen LogP contribution in [-0.2, 0) is 61.7 Å². The standard InChI is InChI=1S/C29H39NO6.CH4O.Y/c1-3-14-30(15-4-2)22-11-12-24-21(16-22)10-13-25(34-19-20-8-6-5-7-9-20)28(24)36-27-18-23(31)17-26(35-27)29(32)33;1-2;/h5-10,13,22-23,26-27,31H,3-4,11-12,14-19H2,1-2H3,(H,32,33);2H,1H3;/t22-,23-,26-,27-;;/m0../s1.